The van der Waals surface area contributed by atoms with Crippen LogP contribution < -0.4 is 10.1 Å². The van der Waals surface area contributed by atoms with Gasteiger partial charge in [0.2, 0.25) is 11.8 Å². The van der Waals surface area contributed by atoms with Gasteiger partial charge >= 0.3 is 6.18 Å². The van der Waals surface area contributed by atoms with E-state index in [0.717, 1.165) is 42.9 Å². The summed E-state index contributed by atoms with van der Waals surface area (Å²) in [7, 11) is 0. The Morgan fingerprint density at radius 1 is 0.949 bits per heavy atom. The number of fused-ring (bicyclic) bond motifs is 1. The first-order valence-electron chi connectivity index (χ1n) is 13.5. The first-order valence-corrected chi connectivity index (χ1v) is 13.5. The highest BCUT2D eigenvalue weighted by Gasteiger charge is 2.41. The highest BCUT2D eigenvalue weighted by atomic mass is 19.4. The van der Waals surface area contributed by atoms with Crippen LogP contribution in [0.2, 0.25) is 0 Å². The number of carbonyl (C=O) groups excluding carboxylic acids is 3. The van der Waals surface area contributed by atoms with Crippen LogP contribution in [0.1, 0.15) is 71.5 Å². The number of ether oxygens (including phenoxy) is 1. The molecule has 2 saturated heterocycles. The minimum absolute atomic E-state index is 0.0531. The highest BCUT2D eigenvalue weighted by Crippen LogP contribution is 2.38. The number of nitrogens with zero attached hydrogens (tertiary/aromatic N) is 2. The van der Waals surface area contributed by atoms with Crippen LogP contribution in [0.25, 0.3) is 0 Å². The third-order valence-corrected chi connectivity index (χ3v) is 8.51. The molecule has 1 aliphatic carbocycles. The van der Waals surface area contributed by atoms with Gasteiger partial charge in [0, 0.05) is 43.6 Å². The fourth-order valence-corrected chi connectivity index (χ4v) is 6.39. The van der Waals surface area contributed by atoms with Crippen molar-refractivity contribution in [3.8, 4) is 5.75 Å². The molecule has 0 radical (unpaired) electrons. The highest BCUT2D eigenvalue weighted by molar-refractivity contribution is 6.05. The number of piperidine rings is 1. The number of halogens is 3. The van der Waals surface area contributed by atoms with Gasteiger partial charge in [-0.1, -0.05) is 24.6 Å². The van der Waals surface area contributed by atoms with E-state index >= 15 is 0 Å². The van der Waals surface area contributed by atoms with Gasteiger partial charge in [-0.05, 0) is 61.1 Å². The molecule has 206 valence electrons. The molecule has 3 amide bonds. The van der Waals surface area contributed by atoms with Gasteiger partial charge in [-0.15, -0.1) is 0 Å². The van der Waals surface area contributed by atoms with Crippen LogP contribution in [0.5, 0.6) is 5.75 Å². The Kier molecular flexibility index (Phi) is 6.61. The molecule has 3 atom stereocenters. The SMILES string of the molecule is O=C1CCC(N2Cc3cc(O[C@H]4CCCCC4N4CC(c5cccc(C(F)(F)F)c5)C4)ccc3C2=O)C(=O)N1. The molecule has 39 heavy (non-hydrogen) atoms. The normalized spacial score (nSPS) is 26.3. The Labute approximate surface area is 224 Å². The number of imide groups is 1. The van der Waals surface area contributed by atoms with Crippen molar-refractivity contribution in [3.05, 3.63) is 64.7 Å². The third kappa shape index (κ3) is 5.02. The van der Waals surface area contributed by atoms with Crippen LogP contribution in [-0.2, 0) is 22.3 Å². The molecule has 7 nitrogen and oxygen atoms in total. The standard InChI is InChI=1S/C29H30F3N3O4/c30-29(31,32)20-5-3-4-17(12-20)19-14-34(15-19)23-6-1-2-7-25(23)39-21-8-9-22-18(13-21)16-35(28(22)38)24-10-11-26(36)33-27(24)37/h3-5,8-9,12-13,19,23-25H,1-2,6-7,10-11,14-16H2,(H,33,36,37)/t23?,24?,25-/m0/s1. The quantitative estimate of drug-likeness (QED) is 0.573. The number of nitrogens with one attached hydrogen (secondary N) is 1. The van der Waals surface area contributed by atoms with Crippen LogP contribution in [0.4, 0.5) is 13.2 Å². The Morgan fingerprint density at radius 3 is 2.51 bits per heavy atom. The number of rotatable bonds is 5. The largest absolute Gasteiger partial charge is 0.489 e. The molecule has 2 unspecified atom stereocenters. The van der Waals surface area contributed by atoms with Gasteiger partial charge < -0.3 is 9.64 Å². The second kappa shape index (κ2) is 9.97. The minimum Gasteiger partial charge on any atom is -0.489 e. The average molecular weight is 542 g/mol. The number of benzene rings is 2. The van der Waals surface area contributed by atoms with E-state index in [4.69, 9.17) is 4.74 Å². The van der Waals surface area contributed by atoms with Gasteiger partial charge in [0.25, 0.3) is 5.91 Å². The monoisotopic (exact) mass is 541 g/mol. The smallest absolute Gasteiger partial charge is 0.416 e. The van der Waals surface area contributed by atoms with E-state index in [1.807, 2.05) is 6.07 Å². The van der Waals surface area contributed by atoms with Crippen molar-refractivity contribution in [2.45, 2.75) is 75.4 Å². The predicted octanol–water partition coefficient (Wildman–Crippen LogP) is 4.26. The number of hydrogen-bond acceptors (Lipinski definition) is 5. The van der Waals surface area contributed by atoms with E-state index < -0.39 is 23.7 Å². The van der Waals surface area contributed by atoms with E-state index in [-0.39, 0.29) is 42.8 Å². The second-order valence-electron chi connectivity index (χ2n) is 11.0. The van der Waals surface area contributed by atoms with Crippen molar-refractivity contribution in [2.75, 3.05) is 13.1 Å². The van der Waals surface area contributed by atoms with Gasteiger partial charge in [0.05, 0.1) is 5.56 Å². The Hall–Kier alpha value is -3.40. The van der Waals surface area contributed by atoms with Crippen LogP contribution in [0.15, 0.2) is 42.5 Å². The fourth-order valence-electron chi connectivity index (χ4n) is 6.39. The lowest BCUT2D eigenvalue weighted by molar-refractivity contribution is -0.138. The number of alkyl halides is 3. The zero-order valence-corrected chi connectivity index (χ0v) is 21.4. The number of likely N-dealkylation sites (tertiary alicyclic amines) is 1. The van der Waals surface area contributed by atoms with Gasteiger partial charge in [0.1, 0.15) is 17.9 Å². The Morgan fingerprint density at radius 2 is 1.74 bits per heavy atom. The van der Waals surface area contributed by atoms with Gasteiger partial charge in [-0.3, -0.25) is 24.6 Å². The summed E-state index contributed by atoms with van der Waals surface area (Å²) in [5.41, 5.74) is 1.45. The van der Waals surface area contributed by atoms with E-state index in [1.54, 1.807) is 18.2 Å². The average Bonchev–Trinajstić information content (AvgIpc) is 3.19. The lowest BCUT2D eigenvalue weighted by Gasteiger charge is -2.48. The molecule has 0 spiro atoms. The van der Waals surface area contributed by atoms with Crippen LogP contribution in [0.3, 0.4) is 0 Å². The van der Waals surface area contributed by atoms with Crippen molar-refractivity contribution in [2.24, 2.45) is 0 Å². The predicted molar refractivity (Wildman–Crippen MR) is 135 cm³/mol. The third-order valence-electron chi connectivity index (χ3n) is 8.51. The molecule has 0 aromatic heterocycles. The molecule has 2 aromatic carbocycles. The van der Waals surface area contributed by atoms with Crippen LogP contribution >= 0.6 is 0 Å². The first kappa shape index (κ1) is 25.9. The molecule has 1 saturated carbocycles. The maximum absolute atomic E-state index is 13.2. The van der Waals surface area contributed by atoms with Crippen molar-refractivity contribution >= 4 is 17.7 Å². The summed E-state index contributed by atoms with van der Waals surface area (Å²) in [5.74, 6) is -0.242. The molecular weight excluding hydrogens is 511 g/mol. The molecule has 1 N–H and O–H groups in total. The lowest BCUT2D eigenvalue weighted by Crippen LogP contribution is -2.57. The number of amides is 3. The molecule has 3 heterocycles. The van der Waals surface area contributed by atoms with Crippen molar-refractivity contribution < 1.29 is 32.3 Å². The van der Waals surface area contributed by atoms with Crippen molar-refractivity contribution in [1.82, 2.24) is 15.1 Å². The lowest BCUT2D eigenvalue weighted by atomic mass is 9.84. The number of carbonyl (C=O) groups is 3. The maximum Gasteiger partial charge on any atom is 0.416 e. The molecule has 0 bridgehead atoms. The summed E-state index contributed by atoms with van der Waals surface area (Å²) >= 11 is 0. The van der Waals surface area contributed by atoms with E-state index in [0.29, 0.717) is 30.8 Å². The first-order chi connectivity index (χ1) is 18.7. The zero-order chi connectivity index (χ0) is 27.3. The molecule has 4 aliphatic rings. The van der Waals surface area contributed by atoms with Gasteiger partial charge in [-0.2, -0.15) is 13.2 Å². The molecule has 3 aliphatic heterocycles. The van der Waals surface area contributed by atoms with E-state index in [9.17, 15) is 27.6 Å². The van der Waals surface area contributed by atoms with Crippen LogP contribution in [0, 0.1) is 0 Å². The molecule has 6 rings (SSSR count). The van der Waals surface area contributed by atoms with Gasteiger partial charge in [0.15, 0.2) is 0 Å². The zero-order valence-electron chi connectivity index (χ0n) is 21.4. The van der Waals surface area contributed by atoms with Crippen LogP contribution in [-0.4, -0.2) is 58.8 Å². The molecule has 10 heteroatoms. The minimum atomic E-state index is -4.35. The summed E-state index contributed by atoms with van der Waals surface area (Å²) < 4.78 is 45.9. The summed E-state index contributed by atoms with van der Waals surface area (Å²) in [6, 6.07) is 10.5. The molecule has 3 fully saturated rings. The van der Waals surface area contributed by atoms with Crippen molar-refractivity contribution in [1.29, 1.82) is 0 Å². The fraction of sp³-hybridized carbons (Fsp3) is 0.483. The second-order valence-corrected chi connectivity index (χ2v) is 11.0. The maximum atomic E-state index is 13.2. The summed E-state index contributed by atoms with van der Waals surface area (Å²) in [6.45, 7) is 1.69. The summed E-state index contributed by atoms with van der Waals surface area (Å²) in [6.07, 6.45) is 0.0889. The van der Waals surface area contributed by atoms with Crippen molar-refractivity contribution in [3.63, 3.8) is 0 Å². The van der Waals surface area contributed by atoms with E-state index in [1.165, 1.54) is 17.0 Å². The molecule has 2 aromatic rings. The Balaban J connectivity index is 1.11. The Bertz CT molecular complexity index is 1310. The topological polar surface area (TPSA) is 79.0 Å². The van der Waals surface area contributed by atoms with Gasteiger partial charge in [-0.25, -0.2) is 0 Å². The summed E-state index contributed by atoms with van der Waals surface area (Å²) in [5, 5.41) is 2.32. The summed E-state index contributed by atoms with van der Waals surface area (Å²) in [4.78, 5) is 40.7. The number of hydrogen-bond donors (Lipinski definition) is 1. The van der Waals surface area contributed by atoms with E-state index in [2.05, 4.69) is 10.2 Å². The molecular formula is C29H30F3N3O4.